The molecule has 1 heterocycles. The van der Waals surface area contributed by atoms with Gasteiger partial charge in [0.2, 0.25) is 0 Å². The third-order valence-corrected chi connectivity index (χ3v) is 2.58. The molecule has 0 aliphatic carbocycles. The summed E-state index contributed by atoms with van der Waals surface area (Å²) in [5.74, 6) is 0. The molecule has 2 rings (SSSR count). The third-order valence-electron chi connectivity index (χ3n) is 2.58. The Morgan fingerprint density at radius 2 is 1.73 bits per heavy atom. The van der Waals surface area contributed by atoms with Crippen LogP contribution in [-0.4, -0.2) is 18.0 Å². The van der Waals surface area contributed by atoms with Crippen molar-refractivity contribution in [1.29, 1.82) is 5.26 Å². The number of rotatable bonds is 2. The molecule has 15 heavy (non-hydrogen) atoms. The van der Waals surface area contributed by atoms with Gasteiger partial charge in [0, 0.05) is 6.07 Å². The fraction of sp³-hybridized carbons (Fsp3) is 0.333. The van der Waals surface area contributed by atoms with Crippen molar-refractivity contribution in [3.8, 4) is 6.07 Å². The molecule has 72 valence electrons. The van der Waals surface area contributed by atoms with Crippen LogP contribution in [0.25, 0.3) is 0 Å². The van der Waals surface area contributed by atoms with E-state index in [1.807, 2.05) is 30.3 Å². The molecule has 0 atom stereocenters. The molecule has 0 bridgehead atoms. The number of likely N-dealkylation sites (tertiary alicyclic amines) is 1. The van der Waals surface area contributed by atoms with E-state index in [-0.39, 0.29) is 18.9 Å². The molecular formula is C12H13LiN2. The van der Waals surface area contributed by atoms with Crippen LogP contribution < -0.4 is 18.9 Å². The van der Waals surface area contributed by atoms with Crippen LogP contribution in [0.1, 0.15) is 18.4 Å². The Morgan fingerprint density at radius 1 is 1.13 bits per heavy atom. The summed E-state index contributed by atoms with van der Waals surface area (Å²) >= 11 is 0. The van der Waals surface area contributed by atoms with Gasteiger partial charge in [-0.25, -0.2) is 5.26 Å². The topological polar surface area (TPSA) is 27.0 Å². The number of hydrogen-bond donors (Lipinski definition) is 0. The smallest absolute Gasteiger partial charge is 0.318 e. The van der Waals surface area contributed by atoms with Gasteiger partial charge in [0.15, 0.2) is 0 Å². The molecular weight excluding hydrogens is 180 g/mol. The predicted octanol–water partition coefficient (Wildman–Crippen LogP) is -0.810. The van der Waals surface area contributed by atoms with E-state index >= 15 is 0 Å². The van der Waals surface area contributed by atoms with Gasteiger partial charge in [0.1, 0.15) is 0 Å². The first kappa shape index (κ1) is 12.2. The number of nitrogens with zero attached hydrogens (tertiary/aromatic N) is 2. The van der Waals surface area contributed by atoms with E-state index < -0.39 is 0 Å². The summed E-state index contributed by atoms with van der Waals surface area (Å²) in [6.07, 6.45) is 2.41. The minimum absolute atomic E-state index is 0. The average Bonchev–Trinajstić information content (AvgIpc) is 2.74. The van der Waals surface area contributed by atoms with Crippen molar-refractivity contribution < 1.29 is 18.9 Å². The van der Waals surface area contributed by atoms with Crippen molar-refractivity contribution in [3.05, 3.63) is 41.9 Å². The van der Waals surface area contributed by atoms with Crippen LogP contribution >= 0.6 is 0 Å². The van der Waals surface area contributed by atoms with E-state index in [0.717, 1.165) is 24.7 Å². The molecule has 2 nitrogen and oxygen atoms in total. The van der Waals surface area contributed by atoms with Crippen molar-refractivity contribution in [2.24, 2.45) is 0 Å². The average molecular weight is 193 g/mol. The van der Waals surface area contributed by atoms with Gasteiger partial charge in [-0.05, 0) is 32.0 Å². The first-order chi connectivity index (χ1) is 6.92. The molecule has 1 aromatic carbocycles. The van der Waals surface area contributed by atoms with Gasteiger partial charge >= 0.3 is 18.9 Å². The van der Waals surface area contributed by atoms with E-state index in [0.29, 0.717) is 0 Å². The molecule has 0 aromatic heterocycles. The Balaban J connectivity index is 0.00000112. The molecule has 3 heteroatoms. The number of hydrogen-bond acceptors (Lipinski definition) is 2. The van der Waals surface area contributed by atoms with Gasteiger partial charge in [0.05, 0.1) is 0 Å². The normalized spacial score (nSPS) is 15.4. The molecule has 0 amide bonds. The second-order valence-corrected chi connectivity index (χ2v) is 3.52. The van der Waals surface area contributed by atoms with Gasteiger partial charge in [-0.15, -0.1) is 12.1 Å². The maximum absolute atomic E-state index is 9.11. The third kappa shape index (κ3) is 2.80. The second kappa shape index (κ2) is 5.88. The van der Waals surface area contributed by atoms with Crippen LogP contribution in [-0.2, 0) is 0 Å². The zero-order valence-corrected chi connectivity index (χ0v) is 9.11. The monoisotopic (exact) mass is 193 g/mol. The minimum atomic E-state index is 0. The largest absolute Gasteiger partial charge is 1.00 e. The molecule has 1 aliphatic rings. The summed E-state index contributed by atoms with van der Waals surface area (Å²) in [5, 5.41) is 9.11. The molecule has 1 saturated heterocycles. The molecule has 1 fully saturated rings. The maximum Gasteiger partial charge on any atom is 1.00 e. The Kier molecular flexibility index (Phi) is 4.79. The van der Waals surface area contributed by atoms with Crippen LogP contribution in [0.15, 0.2) is 30.3 Å². The summed E-state index contributed by atoms with van der Waals surface area (Å²) in [6.45, 7) is 2.05. The van der Waals surface area contributed by atoms with Crippen molar-refractivity contribution in [2.75, 3.05) is 13.1 Å². The van der Waals surface area contributed by atoms with Crippen LogP contribution in [0, 0.1) is 17.4 Å². The standard InChI is InChI=1S/C12H13N2.Li/c13-10-12(14-8-4-5-9-14)11-6-2-1-3-7-11;/h1-3,6-7H,4-5,8-9H2;/q-1;+1/i14+1;. The Bertz CT molecular complexity index is 325. The summed E-state index contributed by atoms with van der Waals surface area (Å²) < 4.78 is 0. The fourth-order valence-corrected chi connectivity index (χ4v) is 1.85. The molecule has 0 spiro atoms. The Hall–Kier alpha value is -0.863. The SMILES string of the molecule is N#C[C-](c1ccccc1)[15N]1CCCC1.[Li+]. The maximum atomic E-state index is 9.11. The Morgan fingerprint density at radius 3 is 2.27 bits per heavy atom. The molecule has 0 unspecified atom stereocenters. The zero-order chi connectivity index (χ0) is 9.80. The first-order valence-electron chi connectivity index (χ1n) is 4.99. The van der Waals surface area contributed by atoms with Crippen molar-refractivity contribution >= 4 is 0 Å². The van der Waals surface area contributed by atoms with Gasteiger partial charge in [-0.1, -0.05) is 6.07 Å². The van der Waals surface area contributed by atoms with Gasteiger partial charge < -0.3 is 4.90 Å². The van der Waals surface area contributed by atoms with Crippen LogP contribution in [0.4, 0.5) is 0 Å². The van der Waals surface area contributed by atoms with Gasteiger partial charge in [-0.3, -0.25) is 0 Å². The molecule has 0 radical (unpaired) electrons. The van der Waals surface area contributed by atoms with E-state index in [2.05, 4.69) is 11.0 Å². The van der Waals surface area contributed by atoms with E-state index in [4.69, 9.17) is 5.26 Å². The Labute approximate surface area is 103 Å². The molecule has 0 saturated carbocycles. The summed E-state index contributed by atoms with van der Waals surface area (Å²) in [6, 6.07) is 13.0. The van der Waals surface area contributed by atoms with E-state index in [1.165, 1.54) is 12.8 Å². The molecule has 1 aliphatic heterocycles. The van der Waals surface area contributed by atoms with Gasteiger partial charge in [0.25, 0.3) is 0 Å². The molecule has 0 N–H and O–H groups in total. The van der Waals surface area contributed by atoms with E-state index in [1.54, 1.807) is 0 Å². The second-order valence-electron chi connectivity index (χ2n) is 3.52. The van der Waals surface area contributed by atoms with Crippen LogP contribution in [0.5, 0.6) is 0 Å². The van der Waals surface area contributed by atoms with E-state index in [9.17, 15) is 0 Å². The van der Waals surface area contributed by atoms with Crippen molar-refractivity contribution in [3.63, 3.8) is 0 Å². The molecule has 1 aromatic rings. The quantitative estimate of drug-likeness (QED) is 0.349. The predicted molar refractivity (Wildman–Crippen MR) is 55.2 cm³/mol. The van der Waals surface area contributed by atoms with Crippen molar-refractivity contribution in [1.82, 2.24) is 4.90 Å². The number of benzene rings is 1. The van der Waals surface area contributed by atoms with Crippen LogP contribution in [0.3, 0.4) is 0 Å². The zero-order valence-electron chi connectivity index (χ0n) is 9.11. The number of nitriles is 1. The van der Waals surface area contributed by atoms with Gasteiger partial charge in [-0.2, -0.15) is 17.7 Å². The van der Waals surface area contributed by atoms with Crippen molar-refractivity contribution in [2.45, 2.75) is 12.8 Å². The minimum Gasteiger partial charge on any atom is -0.318 e. The first-order valence-corrected chi connectivity index (χ1v) is 4.99. The fourth-order valence-electron chi connectivity index (χ4n) is 1.85. The summed E-state index contributed by atoms with van der Waals surface area (Å²) in [7, 11) is 0. The summed E-state index contributed by atoms with van der Waals surface area (Å²) in [5.41, 5.74) is 1.04. The summed E-state index contributed by atoms with van der Waals surface area (Å²) in [4.78, 5) is 2.18. The van der Waals surface area contributed by atoms with Crippen LogP contribution in [0.2, 0.25) is 0 Å².